The fraction of sp³-hybridized carbons (Fsp3) is 0.333. The van der Waals surface area contributed by atoms with Gasteiger partial charge < -0.3 is 9.84 Å². The molecule has 2 aromatic rings. The molecule has 3 unspecified atom stereocenters. The number of halogens is 1. The number of carboxylic acids is 1. The highest BCUT2D eigenvalue weighted by atomic mass is 35.5. The maximum atomic E-state index is 13.5. The number of ether oxygens (including phenoxy) is 1. The molecule has 0 saturated carbocycles. The number of aryl methyl sites for hydroxylation is 1. The summed E-state index contributed by atoms with van der Waals surface area (Å²) in [6.45, 7) is 5.10. The van der Waals surface area contributed by atoms with Gasteiger partial charge in [0.05, 0.1) is 18.2 Å². The SMILES string of the molecule is CCOC(=O)N1c2cc(Cl)ccc2C(C(C)C(=O)O)C1C(=O)c1cc(C)ccn1. The van der Waals surface area contributed by atoms with E-state index in [0.29, 0.717) is 16.3 Å². The summed E-state index contributed by atoms with van der Waals surface area (Å²) in [6, 6.07) is 7.08. The predicted octanol–water partition coefficient (Wildman–Crippen LogP) is 4.08. The van der Waals surface area contributed by atoms with Gasteiger partial charge in [-0.2, -0.15) is 0 Å². The van der Waals surface area contributed by atoms with Gasteiger partial charge in [-0.1, -0.05) is 24.6 Å². The van der Waals surface area contributed by atoms with Crippen molar-refractivity contribution in [2.75, 3.05) is 11.5 Å². The van der Waals surface area contributed by atoms with Gasteiger partial charge in [0.25, 0.3) is 0 Å². The van der Waals surface area contributed by atoms with Gasteiger partial charge in [0.1, 0.15) is 11.7 Å². The van der Waals surface area contributed by atoms with Crippen molar-refractivity contribution in [2.24, 2.45) is 5.92 Å². The van der Waals surface area contributed by atoms with Crippen molar-refractivity contribution in [1.82, 2.24) is 4.98 Å². The van der Waals surface area contributed by atoms with E-state index in [1.165, 1.54) is 18.0 Å². The summed E-state index contributed by atoms with van der Waals surface area (Å²) in [4.78, 5) is 43.5. The number of aromatic nitrogens is 1. The summed E-state index contributed by atoms with van der Waals surface area (Å²) in [5.74, 6) is -3.24. The van der Waals surface area contributed by atoms with E-state index < -0.39 is 35.7 Å². The number of hydrogen-bond acceptors (Lipinski definition) is 5. The Morgan fingerprint density at radius 2 is 2.00 bits per heavy atom. The van der Waals surface area contributed by atoms with E-state index in [0.717, 1.165) is 5.56 Å². The van der Waals surface area contributed by atoms with Crippen LogP contribution in [0.3, 0.4) is 0 Å². The first-order valence-electron chi connectivity index (χ1n) is 9.21. The summed E-state index contributed by atoms with van der Waals surface area (Å²) in [7, 11) is 0. The van der Waals surface area contributed by atoms with Crippen LogP contribution in [-0.2, 0) is 9.53 Å². The Kier molecular flexibility index (Phi) is 5.88. The predicted molar refractivity (Wildman–Crippen MR) is 108 cm³/mol. The first kappa shape index (κ1) is 20.8. The molecule has 152 valence electrons. The van der Waals surface area contributed by atoms with Gasteiger partial charge in [-0.3, -0.25) is 19.5 Å². The lowest BCUT2D eigenvalue weighted by Crippen LogP contribution is -2.47. The molecule has 3 rings (SSSR count). The summed E-state index contributed by atoms with van der Waals surface area (Å²) in [6.07, 6.45) is 0.772. The Labute approximate surface area is 173 Å². The van der Waals surface area contributed by atoms with E-state index >= 15 is 0 Å². The van der Waals surface area contributed by atoms with Crippen molar-refractivity contribution >= 4 is 35.1 Å². The van der Waals surface area contributed by atoms with Crippen LogP contribution in [-0.4, -0.2) is 40.6 Å². The number of amides is 1. The maximum absolute atomic E-state index is 13.5. The number of hydrogen-bond donors (Lipinski definition) is 1. The number of pyridine rings is 1. The minimum absolute atomic E-state index is 0.105. The molecule has 1 amide bonds. The van der Waals surface area contributed by atoms with E-state index in [-0.39, 0.29) is 12.3 Å². The molecule has 0 fully saturated rings. The van der Waals surface area contributed by atoms with Crippen LogP contribution in [0.25, 0.3) is 0 Å². The van der Waals surface area contributed by atoms with Crippen LogP contribution in [0, 0.1) is 12.8 Å². The molecule has 0 saturated heterocycles. The second kappa shape index (κ2) is 8.21. The van der Waals surface area contributed by atoms with Crippen LogP contribution in [0.1, 0.15) is 41.4 Å². The molecule has 2 heterocycles. The number of fused-ring (bicyclic) bond motifs is 1. The third-order valence-electron chi connectivity index (χ3n) is 5.06. The lowest BCUT2D eigenvalue weighted by molar-refractivity contribution is -0.141. The second-order valence-corrected chi connectivity index (χ2v) is 7.39. The Balaban J connectivity index is 2.20. The number of benzene rings is 1. The van der Waals surface area contributed by atoms with Gasteiger partial charge in [-0.25, -0.2) is 4.79 Å². The zero-order chi connectivity index (χ0) is 21.3. The number of carbonyl (C=O) groups is 3. The van der Waals surface area contributed by atoms with E-state index in [1.807, 2.05) is 6.92 Å². The Bertz CT molecular complexity index is 977. The average molecular weight is 417 g/mol. The highest BCUT2D eigenvalue weighted by Gasteiger charge is 2.50. The fourth-order valence-electron chi connectivity index (χ4n) is 3.69. The van der Waals surface area contributed by atoms with Crippen molar-refractivity contribution in [3.05, 3.63) is 58.4 Å². The van der Waals surface area contributed by atoms with Crippen LogP contribution in [0.2, 0.25) is 5.02 Å². The highest BCUT2D eigenvalue weighted by molar-refractivity contribution is 6.31. The normalized spacial score (nSPS) is 18.8. The standard InChI is InChI=1S/C21H21ClN2O5/c1-4-29-21(28)24-16-10-13(22)5-6-14(16)17(12(3)20(26)27)18(24)19(25)15-9-11(2)7-8-23-15/h5-10,12,17-18H,4H2,1-3H3,(H,26,27). The van der Waals surface area contributed by atoms with E-state index in [1.54, 1.807) is 37.3 Å². The first-order valence-corrected chi connectivity index (χ1v) is 9.59. The number of rotatable bonds is 5. The van der Waals surface area contributed by atoms with Crippen LogP contribution in [0.5, 0.6) is 0 Å². The molecule has 1 aliphatic heterocycles. The average Bonchev–Trinajstić information content (AvgIpc) is 3.00. The number of carboxylic acid groups (broad SMARTS) is 1. The fourth-order valence-corrected chi connectivity index (χ4v) is 3.86. The molecular formula is C21H21ClN2O5. The quantitative estimate of drug-likeness (QED) is 0.738. The summed E-state index contributed by atoms with van der Waals surface area (Å²) in [5.41, 5.74) is 1.92. The first-order chi connectivity index (χ1) is 13.8. The molecule has 1 N–H and O–H groups in total. The van der Waals surface area contributed by atoms with E-state index in [2.05, 4.69) is 4.98 Å². The number of anilines is 1. The molecule has 0 spiro atoms. The van der Waals surface area contributed by atoms with Crippen LogP contribution in [0.15, 0.2) is 36.5 Å². The van der Waals surface area contributed by atoms with Gasteiger partial charge in [0, 0.05) is 17.1 Å². The van der Waals surface area contributed by atoms with Crippen molar-refractivity contribution in [3.63, 3.8) is 0 Å². The largest absolute Gasteiger partial charge is 0.481 e. The van der Waals surface area contributed by atoms with Crippen LogP contribution >= 0.6 is 11.6 Å². The van der Waals surface area contributed by atoms with E-state index in [9.17, 15) is 19.5 Å². The number of Topliss-reactive ketones (excluding diaryl/α,β-unsaturated/α-hetero) is 1. The van der Waals surface area contributed by atoms with Gasteiger partial charge in [0.15, 0.2) is 0 Å². The molecule has 29 heavy (non-hydrogen) atoms. The summed E-state index contributed by atoms with van der Waals surface area (Å²) < 4.78 is 5.17. The lowest BCUT2D eigenvalue weighted by Gasteiger charge is -2.28. The molecule has 3 atom stereocenters. The van der Waals surface area contributed by atoms with Crippen molar-refractivity contribution in [2.45, 2.75) is 32.7 Å². The molecule has 1 aromatic heterocycles. The topological polar surface area (TPSA) is 96.8 Å². The number of ketones is 1. The monoisotopic (exact) mass is 416 g/mol. The third-order valence-corrected chi connectivity index (χ3v) is 5.29. The van der Waals surface area contributed by atoms with Gasteiger partial charge in [0.2, 0.25) is 5.78 Å². The molecule has 1 aromatic carbocycles. The van der Waals surface area contributed by atoms with Gasteiger partial charge in [-0.05, 0) is 49.2 Å². The van der Waals surface area contributed by atoms with Crippen molar-refractivity contribution in [1.29, 1.82) is 0 Å². The minimum atomic E-state index is -1.11. The van der Waals surface area contributed by atoms with Crippen LogP contribution in [0.4, 0.5) is 10.5 Å². The zero-order valence-electron chi connectivity index (χ0n) is 16.3. The molecular weight excluding hydrogens is 396 g/mol. The van der Waals surface area contributed by atoms with Crippen molar-refractivity contribution in [3.8, 4) is 0 Å². The zero-order valence-corrected chi connectivity index (χ0v) is 17.0. The highest BCUT2D eigenvalue weighted by Crippen LogP contribution is 2.47. The van der Waals surface area contributed by atoms with Crippen molar-refractivity contribution < 1.29 is 24.2 Å². The molecule has 0 aliphatic carbocycles. The number of carbonyl (C=O) groups excluding carboxylic acids is 2. The molecule has 0 radical (unpaired) electrons. The molecule has 0 bridgehead atoms. The molecule has 7 nitrogen and oxygen atoms in total. The number of aliphatic carboxylic acids is 1. The molecule has 1 aliphatic rings. The summed E-state index contributed by atoms with van der Waals surface area (Å²) >= 11 is 6.13. The summed E-state index contributed by atoms with van der Waals surface area (Å²) in [5, 5.41) is 10.0. The van der Waals surface area contributed by atoms with E-state index in [4.69, 9.17) is 16.3 Å². The van der Waals surface area contributed by atoms with Gasteiger partial charge >= 0.3 is 12.1 Å². The van der Waals surface area contributed by atoms with Crippen LogP contribution < -0.4 is 4.90 Å². The Hall–Kier alpha value is -2.93. The third kappa shape index (κ3) is 3.82. The Morgan fingerprint density at radius 3 is 2.62 bits per heavy atom. The smallest absolute Gasteiger partial charge is 0.414 e. The van der Waals surface area contributed by atoms with Gasteiger partial charge in [-0.15, -0.1) is 0 Å². The number of nitrogens with zero attached hydrogens (tertiary/aromatic N) is 2. The second-order valence-electron chi connectivity index (χ2n) is 6.95. The molecule has 8 heteroatoms. The minimum Gasteiger partial charge on any atom is -0.481 e. The Morgan fingerprint density at radius 1 is 1.28 bits per heavy atom. The maximum Gasteiger partial charge on any atom is 0.414 e. The lowest BCUT2D eigenvalue weighted by atomic mass is 9.81.